The fourth-order valence-corrected chi connectivity index (χ4v) is 3.67. The van der Waals surface area contributed by atoms with Crippen molar-refractivity contribution in [2.45, 2.75) is 6.92 Å². The van der Waals surface area contributed by atoms with E-state index in [1.54, 1.807) is 55.5 Å². The van der Waals surface area contributed by atoms with Crippen LogP contribution in [0.2, 0.25) is 5.02 Å². The maximum absolute atomic E-state index is 12.8. The summed E-state index contributed by atoms with van der Waals surface area (Å²) >= 11 is 6.01. The highest BCUT2D eigenvalue weighted by Gasteiger charge is 2.30. The number of carbonyl (C=O) groups is 2. The average Bonchev–Trinajstić information content (AvgIpc) is 3.32. The first-order valence-electron chi connectivity index (χ1n) is 9.44. The molecule has 0 radical (unpaired) electrons. The van der Waals surface area contributed by atoms with E-state index in [0.717, 1.165) is 5.56 Å². The number of ketones is 1. The van der Waals surface area contributed by atoms with Crippen molar-refractivity contribution in [3.05, 3.63) is 87.6 Å². The Bertz CT molecular complexity index is 1280. The minimum absolute atomic E-state index is 0.119. The third kappa shape index (κ3) is 3.62. The smallest absolute Gasteiger partial charge is 0.343 e. The Labute approximate surface area is 182 Å². The van der Waals surface area contributed by atoms with Crippen molar-refractivity contribution >= 4 is 29.4 Å². The lowest BCUT2D eigenvalue weighted by Crippen LogP contribution is -2.08. The predicted molar refractivity (Wildman–Crippen MR) is 113 cm³/mol. The van der Waals surface area contributed by atoms with Crippen LogP contribution in [0.1, 0.15) is 31.8 Å². The van der Waals surface area contributed by atoms with Gasteiger partial charge in [0.15, 0.2) is 17.3 Å². The Morgan fingerprint density at radius 1 is 1.03 bits per heavy atom. The van der Waals surface area contributed by atoms with Crippen molar-refractivity contribution in [3.8, 4) is 23.0 Å². The maximum atomic E-state index is 12.8. The van der Waals surface area contributed by atoms with Gasteiger partial charge in [0.1, 0.15) is 11.5 Å². The standard InChI is InChI=1S/C24H15ClO6/c1-13-7-17(30-24(27)15-5-6-18-19(10-15)29-12-28-18)11-20-22(13)23(26)21(31-20)9-14-3-2-4-16(25)8-14/h2-11H,12H2,1H3/b21-9-. The van der Waals surface area contributed by atoms with E-state index >= 15 is 0 Å². The molecule has 3 aromatic rings. The first kappa shape index (κ1) is 19.2. The summed E-state index contributed by atoms with van der Waals surface area (Å²) in [4.78, 5) is 25.4. The van der Waals surface area contributed by atoms with Crippen molar-refractivity contribution in [1.29, 1.82) is 0 Å². The third-order valence-corrected chi connectivity index (χ3v) is 5.14. The Morgan fingerprint density at radius 2 is 1.87 bits per heavy atom. The zero-order valence-corrected chi connectivity index (χ0v) is 17.1. The highest BCUT2D eigenvalue weighted by atomic mass is 35.5. The molecule has 0 N–H and O–H groups in total. The topological polar surface area (TPSA) is 71.1 Å². The van der Waals surface area contributed by atoms with Crippen LogP contribution in [0.3, 0.4) is 0 Å². The van der Waals surface area contributed by atoms with Gasteiger partial charge in [-0.25, -0.2) is 4.79 Å². The summed E-state index contributed by atoms with van der Waals surface area (Å²) in [5, 5.41) is 0.561. The largest absolute Gasteiger partial charge is 0.454 e. The maximum Gasteiger partial charge on any atom is 0.343 e. The molecule has 0 aliphatic carbocycles. The molecule has 0 amide bonds. The van der Waals surface area contributed by atoms with Gasteiger partial charge in [0.2, 0.25) is 12.6 Å². The van der Waals surface area contributed by atoms with Crippen LogP contribution in [0.5, 0.6) is 23.0 Å². The van der Waals surface area contributed by atoms with Crippen molar-refractivity contribution in [2.75, 3.05) is 6.79 Å². The molecule has 31 heavy (non-hydrogen) atoms. The molecule has 2 aliphatic rings. The van der Waals surface area contributed by atoms with Gasteiger partial charge >= 0.3 is 5.97 Å². The van der Waals surface area contributed by atoms with Crippen LogP contribution in [0.25, 0.3) is 6.08 Å². The van der Waals surface area contributed by atoms with Gasteiger partial charge in [-0.05, 0) is 60.5 Å². The Balaban J connectivity index is 1.40. The second-order valence-electron chi connectivity index (χ2n) is 7.07. The molecular weight excluding hydrogens is 420 g/mol. The molecule has 0 aromatic heterocycles. The summed E-state index contributed by atoms with van der Waals surface area (Å²) in [6, 6.07) is 15.1. The number of benzene rings is 3. The molecule has 3 aromatic carbocycles. The monoisotopic (exact) mass is 434 g/mol. The molecule has 2 aliphatic heterocycles. The van der Waals surface area contributed by atoms with Gasteiger partial charge in [0.25, 0.3) is 0 Å². The summed E-state index contributed by atoms with van der Waals surface area (Å²) in [7, 11) is 0. The van der Waals surface area contributed by atoms with Gasteiger partial charge in [-0.3, -0.25) is 4.79 Å². The van der Waals surface area contributed by atoms with Crippen molar-refractivity contribution in [3.63, 3.8) is 0 Å². The van der Waals surface area contributed by atoms with Gasteiger partial charge in [0.05, 0.1) is 11.1 Å². The normalized spacial score (nSPS) is 15.0. The van der Waals surface area contributed by atoms with Crippen LogP contribution in [0.4, 0.5) is 0 Å². The number of ether oxygens (including phenoxy) is 4. The number of hydrogen-bond acceptors (Lipinski definition) is 6. The van der Waals surface area contributed by atoms with Gasteiger partial charge in [-0.15, -0.1) is 0 Å². The Morgan fingerprint density at radius 3 is 2.71 bits per heavy atom. The van der Waals surface area contributed by atoms with Gasteiger partial charge in [-0.1, -0.05) is 23.7 Å². The minimum Gasteiger partial charge on any atom is -0.454 e. The van der Waals surface area contributed by atoms with Gasteiger partial charge in [-0.2, -0.15) is 0 Å². The van der Waals surface area contributed by atoms with Crippen molar-refractivity contribution in [1.82, 2.24) is 0 Å². The molecule has 5 rings (SSSR count). The molecule has 7 heteroatoms. The fraction of sp³-hybridized carbons (Fsp3) is 0.0833. The number of fused-ring (bicyclic) bond motifs is 2. The van der Waals surface area contributed by atoms with Crippen LogP contribution >= 0.6 is 11.6 Å². The molecule has 154 valence electrons. The van der Waals surface area contributed by atoms with Crippen molar-refractivity contribution < 1.29 is 28.5 Å². The van der Waals surface area contributed by atoms with E-state index < -0.39 is 5.97 Å². The molecule has 0 fully saturated rings. The zero-order valence-electron chi connectivity index (χ0n) is 16.3. The summed E-state index contributed by atoms with van der Waals surface area (Å²) in [6.07, 6.45) is 1.63. The quantitative estimate of drug-likeness (QED) is 0.320. The minimum atomic E-state index is -0.559. The first-order chi connectivity index (χ1) is 15.0. The molecule has 0 saturated heterocycles. The van der Waals surface area contributed by atoms with Crippen LogP contribution < -0.4 is 18.9 Å². The highest BCUT2D eigenvalue weighted by molar-refractivity contribution is 6.30. The van der Waals surface area contributed by atoms with E-state index in [2.05, 4.69) is 0 Å². The number of allylic oxidation sites excluding steroid dienone is 1. The lowest BCUT2D eigenvalue weighted by molar-refractivity contribution is 0.0734. The Kier molecular flexibility index (Phi) is 4.64. The summed E-state index contributed by atoms with van der Waals surface area (Å²) in [5.74, 6) is 1.07. The number of carbonyl (C=O) groups excluding carboxylic acids is 2. The molecule has 0 spiro atoms. The van der Waals surface area contributed by atoms with Crippen LogP contribution in [-0.4, -0.2) is 18.5 Å². The number of aryl methyl sites for hydroxylation is 1. The SMILES string of the molecule is Cc1cc(OC(=O)c2ccc3c(c2)OCO3)cc2c1C(=O)/C(=C/c1cccc(Cl)c1)O2. The number of Topliss-reactive ketones (excluding diaryl/α,β-unsaturated/α-hetero) is 1. The number of rotatable bonds is 3. The Hall–Kier alpha value is -3.77. The van der Waals surface area contributed by atoms with Gasteiger partial charge < -0.3 is 18.9 Å². The number of halogens is 1. The molecule has 0 saturated carbocycles. The first-order valence-corrected chi connectivity index (χ1v) is 9.82. The average molecular weight is 435 g/mol. The van der Waals surface area contributed by atoms with E-state index in [9.17, 15) is 9.59 Å². The molecule has 6 nitrogen and oxygen atoms in total. The zero-order chi connectivity index (χ0) is 21.5. The molecule has 2 heterocycles. The number of esters is 1. The summed E-state index contributed by atoms with van der Waals surface area (Å²) < 4.78 is 21.8. The second-order valence-corrected chi connectivity index (χ2v) is 7.50. The van der Waals surface area contributed by atoms with Gasteiger partial charge in [0, 0.05) is 11.1 Å². The predicted octanol–water partition coefficient (Wildman–Crippen LogP) is 5.21. The van der Waals surface area contributed by atoms with E-state index in [4.69, 9.17) is 30.5 Å². The molecular formula is C24H15ClO6. The van der Waals surface area contributed by atoms with Crippen LogP contribution in [-0.2, 0) is 0 Å². The second kappa shape index (κ2) is 7.49. The third-order valence-electron chi connectivity index (χ3n) is 4.91. The fourth-order valence-electron chi connectivity index (χ4n) is 3.47. The van der Waals surface area contributed by atoms with E-state index in [1.807, 2.05) is 6.07 Å². The van der Waals surface area contributed by atoms with Crippen LogP contribution in [0, 0.1) is 6.92 Å². The lowest BCUT2D eigenvalue weighted by Gasteiger charge is -2.08. The highest BCUT2D eigenvalue weighted by Crippen LogP contribution is 2.38. The number of hydrogen-bond donors (Lipinski definition) is 0. The summed E-state index contributed by atoms with van der Waals surface area (Å²) in [5.41, 5.74) is 2.15. The molecule has 0 atom stereocenters. The molecule has 0 unspecified atom stereocenters. The summed E-state index contributed by atoms with van der Waals surface area (Å²) in [6.45, 7) is 1.88. The van der Waals surface area contributed by atoms with E-state index in [1.165, 1.54) is 6.07 Å². The van der Waals surface area contributed by atoms with E-state index in [0.29, 0.717) is 39.0 Å². The lowest BCUT2D eigenvalue weighted by atomic mass is 10.0. The van der Waals surface area contributed by atoms with E-state index in [-0.39, 0.29) is 24.1 Å². The van der Waals surface area contributed by atoms with Crippen LogP contribution in [0.15, 0.2) is 60.4 Å². The van der Waals surface area contributed by atoms with Crippen molar-refractivity contribution in [2.24, 2.45) is 0 Å². The molecule has 0 bridgehead atoms.